The van der Waals surface area contributed by atoms with E-state index in [4.69, 9.17) is 4.74 Å². The predicted molar refractivity (Wildman–Crippen MR) is 94.0 cm³/mol. The lowest BCUT2D eigenvalue weighted by Crippen LogP contribution is -2.20. The van der Waals surface area contributed by atoms with Crippen molar-refractivity contribution in [2.24, 2.45) is 0 Å². The van der Waals surface area contributed by atoms with Gasteiger partial charge in [-0.05, 0) is 29.3 Å². The van der Waals surface area contributed by atoms with Crippen molar-refractivity contribution in [3.8, 4) is 0 Å². The summed E-state index contributed by atoms with van der Waals surface area (Å²) >= 11 is 0. The highest BCUT2D eigenvalue weighted by Crippen LogP contribution is 2.31. The number of rotatable bonds is 3. The van der Waals surface area contributed by atoms with E-state index < -0.39 is 0 Å². The SMILES string of the molecule is COC(=O)c1ccc([C@H]2C=C(c3ccccc3)Nc3ncnn32)cc1. The Hall–Kier alpha value is -3.41. The minimum atomic E-state index is -0.348. The van der Waals surface area contributed by atoms with Crippen molar-refractivity contribution < 1.29 is 9.53 Å². The van der Waals surface area contributed by atoms with Crippen LogP contribution >= 0.6 is 0 Å². The largest absolute Gasteiger partial charge is 0.465 e. The molecule has 4 rings (SSSR count). The smallest absolute Gasteiger partial charge is 0.337 e. The molecule has 1 aliphatic rings. The number of hydrogen-bond acceptors (Lipinski definition) is 5. The molecule has 2 aromatic carbocycles. The number of anilines is 1. The fourth-order valence-corrected chi connectivity index (χ4v) is 2.89. The highest BCUT2D eigenvalue weighted by molar-refractivity contribution is 5.89. The number of benzene rings is 2. The predicted octanol–water partition coefficient (Wildman–Crippen LogP) is 3.12. The molecule has 0 unspecified atom stereocenters. The molecular weight excluding hydrogens is 316 g/mol. The van der Waals surface area contributed by atoms with Crippen molar-refractivity contribution in [2.75, 3.05) is 12.4 Å². The summed E-state index contributed by atoms with van der Waals surface area (Å²) in [4.78, 5) is 15.9. The second-order valence-electron chi connectivity index (χ2n) is 5.66. The summed E-state index contributed by atoms with van der Waals surface area (Å²) in [5, 5.41) is 7.63. The van der Waals surface area contributed by atoms with Gasteiger partial charge in [-0.25, -0.2) is 9.48 Å². The summed E-state index contributed by atoms with van der Waals surface area (Å²) in [6.45, 7) is 0. The number of carbonyl (C=O) groups excluding carboxylic acids is 1. The van der Waals surface area contributed by atoms with Gasteiger partial charge in [0.2, 0.25) is 5.95 Å². The summed E-state index contributed by atoms with van der Waals surface area (Å²) in [6, 6.07) is 17.3. The van der Waals surface area contributed by atoms with Crippen LogP contribution < -0.4 is 5.32 Å². The lowest BCUT2D eigenvalue weighted by Gasteiger charge is -2.24. The molecule has 0 saturated carbocycles. The van der Waals surface area contributed by atoms with Gasteiger partial charge in [0.05, 0.1) is 12.7 Å². The van der Waals surface area contributed by atoms with Crippen LogP contribution in [0.25, 0.3) is 5.70 Å². The van der Waals surface area contributed by atoms with Crippen molar-refractivity contribution in [1.29, 1.82) is 0 Å². The van der Waals surface area contributed by atoms with Crippen LogP contribution in [-0.2, 0) is 4.74 Å². The number of nitrogens with zero attached hydrogens (tertiary/aromatic N) is 3. The van der Waals surface area contributed by atoms with Crippen molar-refractivity contribution in [1.82, 2.24) is 14.8 Å². The molecule has 1 aliphatic heterocycles. The maximum atomic E-state index is 11.6. The number of hydrogen-bond donors (Lipinski definition) is 1. The normalized spacial score (nSPS) is 15.7. The summed E-state index contributed by atoms with van der Waals surface area (Å²) in [5.41, 5.74) is 3.58. The first-order chi connectivity index (χ1) is 12.3. The molecule has 0 spiro atoms. The Morgan fingerprint density at radius 3 is 2.60 bits per heavy atom. The summed E-state index contributed by atoms with van der Waals surface area (Å²) in [6.07, 6.45) is 3.63. The van der Waals surface area contributed by atoms with Crippen molar-refractivity contribution in [2.45, 2.75) is 6.04 Å². The van der Waals surface area contributed by atoms with Gasteiger partial charge in [-0.2, -0.15) is 10.1 Å². The van der Waals surface area contributed by atoms with E-state index in [1.54, 1.807) is 12.1 Å². The molecule has 0 fully saturated rings. The zero-order valence-corrected chi connectivity index (χ0v) is 13.6. The second-order valence-corrected chi connectivity index (χ2v) is 5.66. The van der Waals surface area contributed by atoms with E-state index in [-0.39, 0.29) is 12.0 Å². The van der Waals surface area contributed by atoms with E-state index in [9.17, 15) is 4.79 Å². The highest BCUT2D eigenvalue weighted by Gasteiger charge is 2.23. The highest BCUT2D eigenvalue weighted by atomic mass is 16.5. The van der Waals surface area contributed by atoms with Crippen LogP contribution in [0.3, 0.4) is 0 Å². The zero-order valence-electron chi connectivity index (χ0n) is 13.6. The van der Waals surface area contributed by atoms with Gasteiger partial charge in [-0.15, -0.1) is 0 Å². The van der Waals surface area contributed by atoms with Crippen molar-refractivity contribution in [3.63, 3.8) is 0 Å². The van der Waals surface area contributed by atoms with Crippen LogP contribution in [0.1, 0.15) is 27.5 Å². The zero-order chi connectivity index (χ0) is 17.2. The van der Waals surface area contributed by atoms with Gasteiger partial charge >= 0.3 is 5.97 Å². The van der Waals surface area contributed by atoms with Crippen LogP contribution in [0.5, 0.6) is 0 Å². The van der Waals surface area contributed by atoms with Gasteiger partial charge in [0.1, 0.15) is 12.4 Å². The quantitative estimate of drug-likeness (QED) is 0.746. The number of ether oxygens (including phenoxy) is 1. The summed E-state index contributed by atoms with van der Waals surface area (Å²) in [5.74, 6) is 0.335. The van der Waals surface area contributed by atoms with Gasteiger partial charge in [-0.3, -0.25) is 0 Å². The number of aromatic nitrogens is 3. The molecule has 25 heavy (non-hydrogen) atoms. The molecule has 1 aromatic heterocycles. The van der Waals surface area contributed by atoms with Gasteiger partial charge < -0.3 is 10.1 Å². The van der Waals surface area contributed by atoms with Crippen molar-refractivity contribution in [3.05, 3.63) is 83.7 Å². The number of methoxy groups -OCH3 is 1. The topological polar surface area (TPSA) is 69.0 Å². The maximum Gasteiger partial charge on any atom is 0.337 e. The van der Waals surface area contributed by atoms with Gasteiger partial charge in [-0.1, -0.05) is 42.5 Å². The molecule has 0 radical (unpaired) electrons. The molecule has 6 nitrogen and oxygen atoms in total. The van der Waals surface area contributed by atoms with Crippen LogP contribution in [0.4, 0.5) is 5.95 Å². The first-order valence-corrected chi connectivity index (χ1v) is 7.88. The Balaban J connectivity index is 1.74. The van der Waals surface area contributed by atoms with E-state index in [0.717, 1.165) is 16.8 Å². The van der Waals surface area contributed by atoms with E-state index in [1.807, 2.05) is 47.1 Å². The number of nitrogens with one attached hydrogen (secondary N) is 1. The van der Waals surface area contributed by atoms with Gasteiger partial charge in [0, 0.05) is 5.70 Å². The molecule has 6 heteroatoms. The monoisotopic (exact) mass is 332 g/mol. The van der Waals surface area contributed by atoms with Crippen LogP contribution in [0.15, 0.2) is 67.0 Å². The Bertz CT molecular complexity index is 930. The lowest BCUT2D eigenvalue weighted by atomic mass is 10.0. The molecule has 1 atom stereocenters. The first kappa shape index (κ1) is 15.1. The standard InChI is InChI=1S/C19H16N4O2/c1-25-18(24)15-9-7-14(8-10-15)17-11-16(13-5-3-2-4-6-13)22-19-20-12-21-23(17)19/h2-12,17H,1H3,(H,20,21,22)/t17-/m1/s1. The second kappa shape index (κ2) is 6.24. The maximum absolute atomic E-state index is 11.6. The molecule has 0 saturated heterocycles. The first-order valence-electron chi connectivity index (χ1n) is 7.88. The van der Waals surface area contributed by atoms with E-state index in [1.165, 1.54) is 13.4 Å². The number of esters is 1. The number of carbonyl (C=O) groups is 1. The third-order valence-corrected chi connectivity index (χ3v) is 4.17. The van der Waals surface area contributed by atoms with E-state index in [2.05, 4.69) is 21.5 Å². The molecule has 2 heterocycles. The van der Waals surface area contributed by atoms with Crippen LogP contribution in [0, 0.1) is 0 Å². The lowest BCUT2D eigenvalue weighted by molar-refractivity contribution is 0.0600. The van der Waals surface area contributed by atoms with Crippen LogP contribution in [-0.4, -0.2) is 27.8 Å². The molecule has 1 N–H and O–H groups in total. The molecule has 3 aromatic rings. The minimum Gasteiger partial charge on any atom is -0.465 e. The Labute approximate surface area is 144 Å². The Morgan fingerprint density at radius 1 is 1.12 bits per heavy atom. The molecular formula is C19H16N4O2. The fourth-order valence-electron chi connectivity index (χ4n) is 2.89. The molecule has 0 bridgehead atoms. The van der Waals surface area contributed by atoms with E-state index >= 15 is 0 Å². The fraction of sp³-hybridized carbons (Fsp3) is 0.105. The van der Waals surface area contributed by atoms with Crippen LogP contribution in [0.2, 0.25) is 0 Å². The number of allylic oxidation sites excluding steroid dienone is 1. The Kier molecular flexibility index (Phi) is 3.78. The Morgan fingerprint density at radius 2 is 1.88 bits per heavy atom. The average Bonchev–Trinajstić information content (AvgIpc) is 3.16. The number of fused-ring (bicyclic) bond motifs is 1. The average molecular weight is 332 g/mol. The van der Waals surface area contributed by atoms with Crippen molar-refractivity contribution >= 4 is 17.6 Å². The molecule has 0 aliphatic carbocycles. The third-order valence-electron chi connectivity index (χ3n) is 4.17. The molecule has 0 amide bonds. The summed E-state index contributed by atoms with van der Waals surface area (Å²) in [7, 11) is 1.37. The van der Waals surface area contributed by atoms with Gasteiger partial charge in [0.15, 0.2) is 0 Å². The van der Waals surface area contributed by atoms with Gasteiger partial charge in [0.25, 0.3) is 0 Å². The minimum absolute atomic E-state index is 0.111. The third kappa shape index (κ3) is 2.78. The summed E-state index contributed by atoms with van der Waals surface area (Å²) < 4.78 is 6.57. The van der Waals surface area contributed by atoms with E-state index in [0.29, 0.717) is 11.5 Å². The molecule has 124 valence electrons.